The number of amides is 1. The van der Waals surface area contributed by atoms with E-state index < -0.39 is 11.5 Å². The lowest BCUT2D eigenvalue weighted by Gasteiger charge is -2.33. The van der Waals surface area contributed by atoms with Crippen molar-refractivity contribution in [2.24, 2.45) is 0 Å². The van der Waals surface area contributed by atoms with Crippen LogP contribution in [-0.4, -0.2) is 49.0 Å². The fraction of sp³-hybridized carbons (Fsp3) is 0.636. The van der Waals surface area contributed by atoms with Crippen LogP contribution >= 0.6 is 0 Å². The van der Waals surface area contributed by atoms with Gasteiger partial charge < -0.3 is 10.0 Å². The van der Waals surface area contributed by atoms with Crippen molar-refractivity contribution in [3.8, 4) is 0 Å². The van der Waals surface area contributed by atoms with Crippen molar-refractivity contribution in [3.63, 3.8) is 0 Å². The fourth-order valence-electron chi connectivity index (χ4n) is 2.52. The highest BCUT2D eigenvalue weighted by atomic mass is 16.4. The van der Waals surface area contributed by atoms with Gasteiger partial charge in [-0.1, -0.05) is 12.1 Å². The number of aliphatic carboxylic acids is 1. The molecule has 1 atom stereocenters. The molecule has 98 valence electrons. The van der Waals surface area contributed by atoms with Gasteiger partial charge in [-0.05, 0) is 19.3 Å². The molecule has 0 bridgehead atoms. The summed E-state index contributed by atoms with van der Waals surface area (Å²) in [5, 5.41) is 16.7. The van der Waals surface area contributed by atoms with Crippen LogP contribution in [0.1, 0.15) is 26.2 Å². The molecule has 1 aliphatic heterocycles. The standard InChI is InChI=1S/C11H16N4O3/c1-2-11(10(17)18)4-3-6-15(11)9(16)8-14-7-5-12-13-14/h5,7H,2-4,6,8H2,1H3,(H,17,18). The highest BCUT2D eigenvalue weighted by Gasteiger charge is 2.48. The van der Waals surface area contributed by atoms with E-state index in [1.54, 1.807) is 13.1 Å². The predicted molar refractivity (Wildman–Crippen MR) is 61.6 cm³/mol. The molecule has 0 saturated carbocycles. The highest BCUT2D eigenvalue weighted by Crippen LogP contribution is 2.32. The van der Waals surface area contributed by atoms with Crippen LogP contribution in [0.3, 0.4) is 0 Å². The largest absolute Gasteiger partial charge is 0.479 e. The van der Waals surface area contributed by atoms with E-state index in [2.05, 4.69) is 10.3 Å². The van der Waals surface area contributed by atoms with E-state index >= 15 is 0 Å². The summed E-state index contributed by atoms with van der Waals surface area (Å²) >= 11 is 0. The zero-order chi connectivity index (χ0) is 13.2. The molecule has 18 heavy (non-hydrogen) atoms. The van der Waals surface area contributed by atoms with Gasteiger partial charge in [0.15, 0.2) is 0 Å². The molecule has 1 N–H and O–H groups in total. The van der Waals surface area contributed by atoms with Crippen molar-refractivity contribution < 1.29 is 14.7 Å². The van der Waals surface area contributed by atoms with E-state index in [4.69, 9.17) is 0 Å². The number of carboxylic acids is 1. The normalized spacial score (nSPS) is 23.3. The van der Waals surface area contributed by atoms with Crippen LogP contribution in [0.15, 0.2) is 12.4 Å². The Morgan fingerprint density at radius 3 is 2.83 bits per heavy atom. The lowest BCUT2D eigenvalue weighted by atomic mass is 9.93. The number of likely N-dealkylation sites (tertiary alicyclic amines) is 1. The minimum absolute atomic E-state index is 0.0367. The molecule has 1 aliphatic rings. The Morgan fingerprint density at radius 2 is 2.28 bits per heavy atom. The molecule has 2 rings (SSSR count). The van der Waals surface area contributed by atoms with Gasteiger partial charge >= 0.3 is 5.97 Å². The van der Waals surface area contributed by atoms with Gasteiger partial charge in [0.1, 0.15) is 12.1 Å². The maximum absolute atomic E-state index is 12.2. The average molecular weight is 252 g/mol. The number of aromatic nitrogens is 3. The van der Waals surface area contributed by atoms with Gasteiger partial charge in [-0.25, -0.2) is 9.48 Å². The number of carboxylic acid groups (broad SMARTS) is 1. The summed E-state index contributed by atoms with van der Waals surface area (Å²) in [6, 6.07) is 0. The Hall–Kier alpha value is -1.92. The third-order valence-corrected chi connectivity index (χ3v) is 3.54. The summed E-state index contributed by atoms with van der Waals surface area (Å²) in [4.78, 5) is 25.1. The predicted octanol–water partition coefficient (Wildman–Crippen LogP) is 0.134. The second-order valence-corrected chi connectivity index (χ2v) is 4.44. The number of hydrogen-bond donors (Lipinski definition) is 1. The minimum Gasteiger partial charge on any atom is -0.479 e. The van der Waals surface area contributed by atoms with Gasteiger partial charge in [0.25, 0.3) is 0 Å². The summed E-state index contributed by atoms with van der Waals surface area (Å²) in [6.07, 6.45) is 4.74. The van der Waals surface area contributed by atoms with Gasteiger partial charge in [0.05, 0.1) is 6.20 Å². The van der Waals surface area contributed by atoms with Crippen LogP contribution < -0.4 is 0 Å². The van der Waals surface area contributed by atoms with E-state index in [1.165, 1.54) is 15.8 Å². The third kappa shape index (κ3) is 1.96. The topological polar surface area (TPSA) is 88.3 Å². The Labute approximate surface area is 104 Å². The molecule has 1 unspecified atom stereocenters. The van der Waals surface area contributed by atoms with Crippen molar-refractivity contribution in [2.75, 3.05) is 6.54 Å². The number of hydrogen-bond acceptors (Lipinski definition) is 4. The zero-order valence-corrected chi connectivity index (χ0v) is 10.2. The molecule has 1 fully saturated rings. The van der Waals surface area contributed by atoms with Crippen molar-refractivity contribution >= 4 is 11.9 Å². The van der Waals surface area contributed by atoms with E-state index in [0.29, 0.717) is 19.4 Å². The maximum Gasteiger partial charge on any atom is 0.329 e. The first-order valence-electron chi connectivity index (χ1n) is 5.98. The van der Waals surface area contributed by atoms with Gasteiger partial charge in [-0.2, -0.15) is 0 Å². The van der Waals surface area contributed by atoms with Crippen LogP contribution in [0.25, 0.3) is 0 Å². The average Bonchev–Trinajstić information content (AvgIpc) is 2.96. The molecule has 1 saturated heterocycles. The van der Waals surface area contributed by atoms with Gasteiger partial charge in [0, 0.05) is 12.7 Å². The van der Waals surface area contributed by atoms with Crippen LogP contribution in [0, 0.1) is 0 Å². The van der Waals surface area contributed by atoms with Crippen LogP contribution in [0.4, 0.5) is 0 Å². The van der Waals surface area contributed by atoms with Gasteiger partial charge in [-0.15, -0.1) is 5.10 Å². The summed E-state index contributed by atoms with van der Waals surface area (Å²) < 4.78 is 1.41. The van der Waals surface area contributed by atoms with Crippen LogP contribution in [-0.2, 0) is 16.1 Å². The molecule has 1 aromatic heterocycles. The van der Waals surface area contributed by atoms with Crippen molar-refractivity contribution in [2.45, 2.75) is 38.3 Å². The van der Waals surface area contributed by atoms with Crippen molar-refractivity contribution in [1.29, 1.82) is 0 Å². The summed E-state index contributed by atoms with van der Waals surface area (Å²) in [7, 11) is 0. The first-order chi connectivity index (χ1) is 8.60. The summed E-state index contributed by atoms with van der Waals surface area (Å²) in [5.74, 6) is -1.14. The zero-order valence-electron chi connectivity index (χ0n) is 10.2. The first-order valence-corrected chi connectivity index (χ1v) is 5.98. The smallest absolute Gasteiger partial charge is 0.329 e. The molecule has 7 heteroatoms. The molecule has 0 aromatic carbocycles. The molecular weight excluding hydrogens is 236 g/mol. The van der Waals surface area contributed by atoms with E-state index in [0.717, 1.165) is 6.42 Å². The molecule has 0 aliphatic carbocycles. The quantitative estimate of drug-likeness (QED) is 0.823. The molecule has 7 nitrogen and oxygen atoms in total. The fourth-order valence-corrected chi connectivity index (χ4v) is 2.52. The van der Waals surface area contributed by atoms with Gasteiger partial charge in [-0.3, -0.25) is 4.79 Å². The Bertz CT molecular complexity index is 445. The highest BCUT2D eigenvalue weighted by molar-refractivity contribution is 5.87. The maximum atomic E-state index is 12.2. The molecule has 0 radical (unpaired) electrons. The Morgan fingerprint density at radius 1 is 1.50 bits per heavy atom. The number of rotatable bonds is 4. The molecule has 0 spiro atoms. The molecule has 1 amide bonds. The lowest BCUT2D eigenvalue weighted by Crippen LogP contribution is -2.53. The third-order valence-electron chi connectivity index (χ3n) is 3.54. The summed E-state index contributed by atoms with van der Waals surface area (Å²) in [6.45, 7) is 2.33. The summed E-state index contributed by atoms with van der Waals surface area (Å²) in [5.41, 5.74) is -1.04. The lowest BCUT2D eigenvalue weighted by molar-refractivity contribution is -0.157. The van der Waals surface area contributed by atoms with Crippen molar-refractivity contribution in [3.05, 3.63) is 12.4 Å². The SMILES string of the molecule is CCC1(C(=O)O)CCCN1C(=O)Cn1ccnn1. The van der Waals surface area contributed by atoms with E-state index in [1.807, 2.05) is 0 Å². The van der Waals surface area contributed by atoms with Crippen LogP contribution in [0.2, 0.25) is 0 Å². The van der Waals surface area contributed by atoms with Crippen LogP contribution in [0.5, 0.6) is 0 Å². The van der Waals surface area contributed by atoms with E-state index in [9.17, 15) is 14.7 Å². The molecule has 1 aromatic rings. The monoisotopic (exact) mass is 252 g/mol. The van der Waals surface area contributed by atoms with E-state index in [-0.39, 0.29) is 12.5 Å². The molecule has 2 heterocycles. The number of nitrogens with zero attached hydrogens (tertiary/aromatic N) is 4. The van der Waals surface area contributed by atoms with Crippen molar-refractivity contribution in [1.82, 2.24) is 19.9 Å². The minimum atomic E-state index is -1.04. The second-order valence-electron chi connectivity index (χ2n) is 4.44. The van der Waals surface area contributed by atoms with Gasteiger partial charge in [0.2, 0.25) is 5.91 Å². The number of carbonyl (C=O) groups is 2. The molecular formula is C11H16N4O3. The second kappa shape index (κ2) is 4.75. The number of carbonyl (C=O) groups excluding carboxylic acids is 1. The Kier molecular flexibility index (Phi) is 3.31. The Balaban J connectivity index is 2.16. The first kappa shape index (κ1) is 12.5.